The van der Waals surface area contributed by atoms with Gasteiger partial charge in [-0.25, -0.2) is 9.78 Å². The quantitative estimate of drug-likeness (QED) is 0.669. The number of nitrogens with zero attached hydrogens (tertiary/aromatic N) is 2. The molecule has 1 aliphatic heterocycles. The maximum Gasteiger partial charge on any atom is 0.586 e. The number of hydrogen-bond acceptors (Lipinski definition) is 4. The van der Waals surface area contributed by atoms with Crippen molar-refractivity contribution >= 4 is 17.0 Å². The van der Waals surface area contributed by atoms with Crippen LogP contribution in [0.5, 0.6) is 11.5 Å². The van der Waals surface area contributed by atoms with Gasteiger partial charge in [0.25, 0.3) is 0 Å². The summed E-state index contributed by atoms with van der Waals surface area (Å²) in [6.07, 6.45) is -3.84. The van der Waals surface area contributed by atoms with E-state index in [1.807, 2.05) is 0 Å². The largest absolute Gasteiger partial charge is 0.586 e. The van der Waals surface area contributed by atoms with Crippen molar-refractivity contribution in [2.45, 2.75) is 25.7 Å². The molecule has 1 aromatic heterocycles. The van der Waals surface area contributed by atoms with Crippen LogP contribution in [0, 0.1) is 0 Å². The third kappa shape index (κ3) is 3.00. The monoisotopic (exact) mass is 396 g/mol. The number of halogens is 4. The summed E-state index contributed by atoms with van der Waals surface area (Å²) in [6, 6.07) is 7.93. The maximum absolute atomic E-state index is 14.1. The minimum absolute atomic E-state index is 0.0477. The fourth-order valence-corrected chi connectivity index (χ4v) is 3.08. The van der Waals surface area contributed by atoms with Gasteiger partial charge in [0.05, 0.1) is 23.1 Å². The first-order valence-corrected chi connectivity index (χ1v) is 8.05. The van der Waals surface area contributed by atoms with Crippen LogP contribution in [-0.2, 0) is 12.5 Å². The number of rotatable bonds is 4. The molecule has 3 aromatic rings. The first-order valence-electron chi connectivity index (χ1n) is 8.05. The molecular formula is C18H12F4N2O4. The zero-order valence-electron chi connectivity index (χ0n) is 14.2. The lowest BCUT2D eigenvalue weighted by atomic mass is 10.1. The molecule has 0 saturated carbocycles. The topological polar surface area (TPSA) is 73.6 Å². The molecular weight excluding hydrogens is 384 g/mol. The molecule has 2 heterocycles. The number of benzene rings is 2. The summed E-state index contributed by atoms with van der Waals surface area (Å²) < 4.78 is 65.1. The van der Waals surface area contributed by atoms with Crippen LogP contribution in [0.4, 0.5) is 17.6 Å². The fourth-order valence-electron chi connectivity index (χ4n) is 3.08. The Morgan fingerprint density at radius 3 is 2.68 bits per heavy atom. The Labute approximate surface area is 154 Å². The number of hydrogen-bond donors (Lipinski definition) is 1. The molecule has 0 fully saturated rings. The molecule has 0 amide bonds. The number of aromatic nitrogens is 2. The van der Waals surface area contributed by atoms with Gasteiger partial charge < -0.3 is 19.1 Å². The highest BCUT2D eigenvalue weighted by Crippen LogP contribution is 2.44. The molecule has 28 heavy (non-hydrogen) atoms. The Balaban J connectivity index is 1.86. The molecule has 10 heteroatoms. The van der Waals surface area contributed by atoms with Gasteiger partial charge in [0, 0.05) is 12.5 Å². The summed E-state index contributed by atoms with van der Waals surface area (Å²) in [5.41, 5.74) is 0.346. The van der Waals surface area contributed by atoms with Gasteiger partial charge in [-0.1, -0.05) is 12.1 Å². The number of carbonyl (C=O) groups is 1. The molecule has 0 aliphatic carbocycles. The van der Waals surface area contributed by atoms with Crippen molar-refractivity contribution in [2.24, 2.45) is 0 Å². The third-order valence-corrected chi connectivity index (χ3v) is 4.23. The van der Waals surface area contributed by atoms with Crippen LogP contribution in [0.3, 0.4) is 0 Å². The summed E-state index contributed by atoms with van der Waals surface area (Å²) in [7, 11) is 0. The van der Waals surface area contributed by atoms with Gasteiger partial charge in [0.2, 0.25) is 0 Å². The molecule has 1 aliphatic rings. The summed E-state index contributed by atoms with van der Waals surface area (Å²) in [6.45, 7) is 0.385. The van der Waals surface area contributed by atoms with Gasteiger partial charge >= 0.3 is 18.2 Å². The standard InChI is InChI=1S/C18H12F4N2O4/c1-17(19,20)16-23-11-7-9(15(25)26)5-6-12(11)24(16)8-10-3-2-4-13-14(10)28-18(21,22)27-13/h2-7H,8H2,1H3,(H,25,26). The van der Waals surface area contributed by atoms with Gasteiger partial charge in [-0.05, 0) is 24.3 Å². The number of carboxylic acids is 1. The van der Waals surface area contributed by atoms with Crippen LogP contribution in [-0.4, -0.2) is 26.9 Å². The first-order chi connectivity index (χ1) is 13.0. The van der Waals surface area contributed by atoms with Crippen LogP contribution in [0.15, 0.2) is 36.4 Å². The number of para-hydroxylation sites is 1. The Hall–Kier alpha value is -3.30. The van der Waals surface area contributed by atoms with E-state index in [4.69, 9.17) is 5.11 Å². The second-order valence-electron chi connectivity index (χ2n) is 6.33. The third-order valence-electron chi connectivity index (χ3n) is 4.23. The number of ether oxygens (including phenoxy) is 2. The van der Waals surface area contributed by atoms with Crippen molar-refractivity contribution < 1.29 is 36.9 Å². The lowest BCUT2D eigenvalue weighted by molar-refractivity contribution is -0.287. The van der Waals surface area contributed by atoms with Crippen LogP contribution < -0.4 is 9.47 Å². The number of carboxylic acid groups (broad SMARTS) is 1. The van der Waals surface area contributed by atoms with Gasteiger partial charge in [0.15, 0.2) is 17.3 Å². The minimum Gasteiger partial charge on any atom is -0.478 e. The molecule has 0 unspecified atom stereocenters. The smallest absolute Gasteiger partial charge is 0.478 e. The highest BCUT2D eigenvalue weighted by molar-refractivity contribution is 5.92. The van der Waals surface area contributed by atoms with Gasteiger partial charge in [-0.15, -0.1) is 8.78 Å². The Morgan fingerprint density at radius 2 is 2.00 bits per heavy atom. The average molecular weight is 396 g/mol. The number of aromatic carboxylic acids is 1. The van der Waals surface area contributed by atoms with Crippen LogP contribution in [0.25, 0.3) is 11.0 Å². The molecule has 0 bridgehead atoms. The van der Waals surface area contributed by atoms with E-state index in [1.165, 1.54) is 36.4 Å². The van der Waals surface area contributed by atoms with Crippen LogP contribution >= 0.6 is 0 Å². The van der Waals surface area contributed by atoms with E-state index in [0.717, 1.165) is 4.57 Å². The van der Waals surface area contributed by atoms with E-state index < -0.39 is 24.0 Å². The van der Waals surface area contributed by atoms with Crippen molar-refractivity contribution in [3.8, 4) is 11.5 Å². The van der Waals surface area contributed by atoms with E-state index in [0.29, 0.717) is 6.92 Å². The normalized spacial score (nSPS) is 15.2. The van der Waals surface area contributed by atoms with Crippen LogP contribution in [0.2, 0.25) is 0 Å². The summed E-state index contributed by atoms with van der Waals surface area (Å²) in [5.74, 6) is -5.67. The molecule has 1 N–H and O–H groups in total. The molecule has 0 saturated heterocycles. The van der Waals surface area contributed by atoms with E-state index in [2.05, 4.69) is 14.5 Å². The highest BCUT2D eigenvalue weighted by Gasteiger charge is 2.44. The van der Waals surface area contributed by atoms with Crippen molar-refractivity contribution in [1.29, 1.82) is 0 Å². The number of imidazole rings is 1. The molecule has 6 nitrogen and oxygen atoms in total. The van der Waals surface area contributed by atoms with Gasteiger partial charge in [-0.2, -0.15) is 8.78 Å². The summed E-state index contributed by atoms with van der Waals surface area (Å²) >= 11 is 0. The lowest BCUT2D eigenvalue weighted by Gasteiger charge is -2.15. The van der Waals surface area contributed by atoms with Crippen LogP contribution in [0.1, 0.15) is 28.7 Å². The van der Waals surface area contributed by atoms with E-state index in [-0.39, 0.29) is 40.2 Å². The minimum atomic E-state index is -3.84. The maximum atomic E-state index is 14.1. The van der Waals surface area contributed by atoms with E-state index >= 15 is 0 Å². The van der Waals surface area contributed by atoms with E-state index in [9.17, 15) is 22.4 Å². The second kappa shape index (κ2) is 5.85. The predicted octanol–water partition coefficient (Wildman–Crippen LogP) is 4.22. The molecule has 0 atom stereocenters. The highest BCUT2D eigenvalue weighted by atomic mass is 19.3. The lowest BCUT2D eigenvalue weighted by Crippen LogP contribution is -2.26. The summed E-state index contributed by atoms with van der Waals surface area (Å²) in [4.78, 5) is 15.0. The Kier molecular flexibility index (Phi) is 3.78. The number of alkyl halides is 4. The Morgan fingerprint density at radius 1 is 1.25 bits per heavy atom. The average Bonchev–Trinajstić information content (AvgIpc) is 3.11. The zero-order chi connectivity index (χ0) is 20.3. The fraction of sp³-hybridized carbons (Fsp3) is 0.222. The molecule has 0 spiro atoms. The van der Waals surface area contributed by atoms with E-state index in [1.54, 1.807) is 0 Å². The number of fused-ring (bicyclic) bond motifs is 2. The van der Waals surface area contributed by atoms with Crippen molar-refractivity contribution in [2.75, 3.05) is 0 Å². The molecule has 0 radical (unpaired) electrons. The van der Waals surface area contributed by atoms with Gasteiger partial charge in [-0.3, -0.25) is 0 Å². The Bertz CT molecular complexity index is 1100. The first kappa shape index (κ1) is 18.1. The zero-order valence-corrected chi connectivity index (χ0v) is 14.2. The SMILES string of the molecule is CC(F)(F)c1nc2cc(C(=O)O)ccc2n1Cc1cccc2c1OC(F)(F)O2. The molecule has 146 valence electrons. The summed E-state index contributed by atoms with van der Waals surface area (Å²) in [5, 5.41) is 9.09. The van der Waals surface area contributed by atoms with Gasteiger partial charge in [0.1, 0.15) is 0 Å². The van der Waals surface area contributed by atoms with Crippen molar-refractivity contribution in [1.82, 2.24) is 9.55 Å². The molecule has 2 aromatic carbocycles. The predicted molar refractivity (Wildman–Crippen MR) is 88.0 cm³/mol. The van der Waals surface area contributed by atoms with Crippen molar-refractivity contribution in [3.63, 3.8) is 0 Å². The van der Waals surface area contributed by atoms with Crippen molar-refractivity contribution in [3.05, 3.63) is 53.3 Å². The molecule has 4 rings (SSSR count). The second-order valence-corrected chi connectivity index (χ2v) is 6.33.